The van der Waals surface area contributed by atoms with Crippen molar-refractivity contribution in [3.8, 4) is 11.5 Å². The first-order chi connectivity index (χ1) is 14.3. The molecule has 0 fully saturated rings. The number of carbonyl (C=O) groups is 1. The number of fused-ring (bicyclic) bond motifs is 1. The van der Waals surface area contributed by atoms with E-state index in [2.05, 4.69) is 4.99 Å². The fourth-order valence-corrected chi connectivity index (χ4v) is 5.09. The number of amides is 1. The molecule has 2 aromatic carbocycles. The van der Waals surface area contributed by atoms with Crippen LogP contribution in [0.1, 0.15) is 10.4 Å². The second-order valence-electron chi connectivity index (χ2n) is 6.36. The standard InChI is InChI=1S/C20H22N2O6S2/c1-26-12-11-22-17-14(27-2)9-10-15(28-3)18(17)29-20(22)21-19(23)13-7-5-6-8-16(13)30(4,24)25/h5-10H,11-12H2,1-4H3. The Hall–Kier alpha value is -2.69. The van der Waals surface area contributed by atoms with E-state index in [1.807, 2.05) is 4.57 Å². The molecule has 10 heteroatoms. The van der Waals surface area contributed by atoms with Gasteiger partial charge in [-0.15, -0.1) is 0 Å². The van der Waals surface area contributed by atoms with Crippen molar-refractivity contribution >= 4 is 37.3 Å². The number of hydrogen-bond donors (Lipinski definition) is 0. The first-order valence-electron chi connectivity index (χ1n) is 8.93. The highest BCUT2D eigenvalue weighted by Crippen LogP contribution is 2.35. The number of hydrogen-bond acceptors (Lipinski definition) is 7. The van der Waals surface area contributed by atoms with Gasteiger partial charge in [0.1, 0.15) is 21.7 Å². The molecular formula is C20H22N2O6S2. The highest BCUT2D eigenvalue weighted by molar-refractivity contribution is 7.90. The Balaban J connectivity index is 2.28. The number of nitrogens with zero attached hydrogens (tertiary/aromatic N) is 2. The maximum Gasteiger partial charge on any atom is 0.280 e. The van der Waals surface area contributed by atoms with Crippen LogP contribution in [0.5, 0.6) is 11.5 Å². The van der Waals surface area contributed by atoms with Crippen molar-refractivity contribution in [2.45, 2.75) is 11.4 Å². The van der Waals surface area contributed by atoms with Gasteiger partial charge in [0.2, 0.25) is 0 Å². The number of thiazole rings is 1. The number of benzene rings is 2. The van der Waals surface area contributed by atoms with E-state index in [4.69, 9.17) is 14.2 Å². The Bertz CT molecular complexity index is 1260. The lowest BCUT2D eigenvalue weighted by Crippen LogP contribution is -2.20. The summed E-state index contributed by atoms with van der Waals surface area (Å²) in [7, 11) is 1.12. The van der Waals surface area contributed by atoms with Gasteiger partial charge in [-0.2, -0.15) is 4.99 Å². The van der Waals surface area contributed by atoms with Gasteiger partial charge in [-0.1, -0.05) is 23.5 Å². The van der Waals surface area contributed by atoms with E-state index in [0.29, 0.717) is 29.5 Å². The van der Waals surface area contributed by atoms with Gasteiger partial charge in [-0.05, 0) is 24.3 Å². The summed E-state index contributed by atoms with van der Waals surface area (Å²) in [6.45, 7) is 0.799. The molecule has 0 aliphatic carbocycles. The molecule has 30 heavy (non-hydrogen) atoms. The summed E-state index contributed by atoms with van der Waals surface area (Å²) in [4.78, 5) is 17.5. The summed E-state index contributed by atoms with van der Waals surface area (Å²) in [5.41, 5.74) is 0.747. The molecule has 8 nitrogen and oxygen atoms in total. The molecule has 0 bridgehead atoms. The Morgan fingerprint density at radius 3 is 2.37 bits per heavy atom. The van der Waals surface area contributed by atoms with Crippen LogP contribution in [0.4, 0.5) is 0 Å². The third kappa shape index (κ3) is 4.25. The van der Waals surface area contributed by atoms with Gasteiger partial charge >= 0.3 is 0 Å². The molecule has 160 valence electrons. The lowest BCUT2D eigenvalue weighted by molar-refractivity contribution is 0.0994. The van der Waals surface area contributed by atoms with Crippen LogP contribution in [0.15, 0.2) is 46.3 Å². The number of sulfone groups is 1. The fourth-order valence-electron chi connectivity index (χ4n) is 3.04. The Kier molecular flexibility index (Phi) is 6.59. The topological polar surface area (TPSA) is 96.2 Å². The average Bonchev–Trinajstić information content (AvgIpc) is 3.08. The molecule has 0 spiro atoms. The van der Waals surface area contributed by atoms with Crippen molar-refractivity contribution in [1.82, 2.24) is 4.57 Å². The predicted molar refractivity (Wildman–Crippen MR) is 114 cm³/mol. The maximum absolute atomic E-state index is 13.0. The van der Waals surface area contributed by atoms with Crippen LogP contribution in [-0.2, 0) is 21.1 Å². The van der Waals surface area contributed by atoms with Crippen molar-refractivity contribution in [3.63, 3.8) is 0 Å². The molecule has 0 aliphatic rings. The third-order valence-electron chi connectivity index (χ3n) is 4.43. The molecule has 3 rings (SSSR count). The van der Waals surface area contributed by atoms with Crippen molar-refractivity contribution in [1.29, 1.82) is 0 Å². The summed E-state index contributed by atoms with van der Waals surface area (Å²) < 4.78 is 42.9. The summed E-state index contributed by atoms with van der Waals surface area (Å²) >= 11 is 1.26. The molecule has 0 N–H and O–H groups in total. The average molecular weight is 451 g/mol. The molecule has 3 aromatic rings. The van der Waals surface area contributed by atoms with Crippen molar-refractivity contribution in [3.05, 3.63) is 46.8 Å². The highest BCUT2D eigenvalue weighted by atomic mass is 32.2. The van der Waals surface area contributed by atoms with Crippen LogP contribution in [-0.4, -0.2) is 53.1 Å². The molecule has 0 radical (unpaired) electrons. The van der Waals surface area contributed by atoms with Gasteiger partial charge in [0.15, 0.2) is 14.6 Å². The lowest BCUT2D eigenvalue weighted by atomic mass is 10.2. The van der Waals surface area contributed by atoms with Gasteiger partial charge in [-0.3, -0.25) is 4.79 Å². The maximum atomic E-state index is 13.0. The van der Waals surface area contributed by atoms with E-state index in [9.17, 15) is 13.2 Å². The number of rotatable bonds is 7. The van der Waals surface area contributed by atoms with Crippen LogP contribution in [0, 0.1) is 0 Å². The second-order valence-corrected chi connectivity index (χ2v) is 9.32. The van der Waals surface area contributed by atoms with Crippen molar-refractivity contribution < 1.29 is 27.4 Å². The van der Waals surface area contributed by atoms with Crippen LogP contribution >= 0.6 is 11.3 Å². The summed E-state index contributed by atoms with van der Waals surface area (Å²) in [5, 5.41) is 0. The molecule has 1 heterocycles. The summed E-state index contributed by atoms with van der Waals surface area (Å²) in [6, 6.07) is 9.59. The fraction of sp³-hybridized carbons (Fsp3) is 0.300. The van der Waals surface area contributed by atoms with Gasteiger partial charge in [0.05, 0.1) is 31.3 Å². The first kappa shape index (κ1) is 22.0. The molecule has 0 saturated heterocycles. The SMILES string of the molecule is COCCn1c(=NC(=O)c2ccccc2S(C)(=O)=O)sc2c(OC)ccc(OC)c21. The Morgan fingerprint density at radius 2 is 1.73 bits per heavy atom. The first-order valence-corrected chi connectivity index (χ1v) is 11.6. The van der Waals surface area contributed by atoms with Crippen LogP contribution in [0.2, 0.25) is 0 Å². The van der Waals surface area contributed by atoms with E-state index < -0.39 is 15.7 Å². The molecule has 0 unspecified atom stereocenters. The number of methoxy groups -OCH3 is 3. The van der Waals surface area contributed by atoms with E-state index in [-0.39, 0.29) is 10.5 Å². The van der Waals surface area contributed by atoms with E-state index in [1.165, 1.54) is 23.5 Å². The normalized spacial score (nSPS) is 12.3. The van der Waals surface area contributed by atoms with Gasteiger partial charge in [-0.25, -0.2) is 8.42 Å². The lowest BCUT2D eigenvalue weighted by Gasteiger charge is -2.10. The van der Waals surface area contributed by atoms with E-state index in [1.54, 1.807) is 45.6 Å². The summed E-state index contributed by atoms with van der Waals surface area (Å²) in [5.74, 6) is 0.572. The molecule has 1 aromatic heterocycles. The number of aromatic nitrogens is 1. The van der Waals surface area contributed by atoms with Crippen LogP contribution < -0.4 is 14.3 Å². The zero-order valence-electron chi connectivity index (χ0n) is 17.0. The number of ether oxygens (including phenoxy) is 3. The highest BCUT2D eigenvalue weighted by Gasteiger charge is 2.20. The molecule has 1 amide bonds. The van der Waals surface area contributed by atoms with Crippen LogP contribution in [0.3, 0.4) is 0 Å². The monoisotopic (exact) mass is 450 g/mol. The smallest absolute Gasteiger partial charge is 0.280 e. The molecule has 0 aliphatic heterocycles. The Labute approximate surface area is 178 Å². The summed E-state index contributed by atoms with van der Waals surface area (Å²) in [6.07, 6.45) is 1.06. The quantitative estimate of drug-likeness (QED) is 0.549. The van der Waals surface area contributed by atoms with Gasteiger partial charge in [0, 0.05) is 19.9 Å². The van der Waals surface area contributed by atoms with Crippen LogP contribution in [0.25, 0.3) is 10.2 Å². The van der Waals surface area contributed by atoms with Crippen molar-refractivity contribution in [2.24, 2.45) is 4.99 Å². The zero-order chi connectivity index (χ0) is 21.9. The third-order valence-corrected chi connectivity index (χ3v) is 6.67. The molecular weight excluding hydrogens is 428 g/mol. The van der Waals surface area contributed by atoms with Crippen molar-refractivity contribution in [2.75, 3.05) is 34.2 Å². The van der Waals surface area contributed by atoms with E-state index >= 15 is 0 Å². The Morgan fingerprint density at radius 1 is 1.07 bits per heavy atom. The molecule has 0 saturated carbocycles. The minimum Gasteiger partial charge on any atom is -0.495 e. The minimum absolute atomic E-state index is 0.0228. The predicted octanol–water partition coefficient (Wildman–Crippen LogP) is 2.51. The second kappa shape index (κ2) is 8.99. The molecule has 0 atom stereocenters. The number of carbonyl (C=O) groups excluding carboxylic acids is 1. The van der Waals surface area contributed by atoms with E-state index in [0.717, 1.165) is 16.5 Å². The minimum atomic E-state index is -3.59. The van der Waals surface area contributed by atoms with Gasteiger partial charge in [0.25, 0.3) is 5.91 Å². The zero-order valence-corrected chi connectivity index (χ0v) is 18.7. The van der Waals surface area contributed by atoms with Gasteiger partial charge < -0.3 is 18.8 Å². The largest absolute Gasteiger partial charge is 0.495 e.